The molecule has 2 atom stereocenters. The molecule has 30 heteroatoms. The molecule has 0 bridgehead atoms. The van der Waals surface area contributed by atoms with E-state index in [2.05, 4.69) is 241 Å². The first-order valence-electron chi connectivity index (χ1n) is 50.2. The highest BCUT2D eigenvalue weighted by atomic mass is 19.1. The first kappa shape index (κ1) is 104. The molecule has 20 aromatic rings. The highest BCUT2D eigenvalue weighted by molar-refractivity contribution is 5.85. The van der Waals surface area contributed by atoms with Crippen LogP contribution in [0.5, 0.6) is 0 Å². The number of nitrogens with one attached hydrogen (secondary N) is 4. The summed E-state index contributed by atoms with van der Waals surface area (Å²) in [7, 11) is 12.2. The molecule has 0 spiro atoms. The summed E-state index contributed by atoms with van der Waals surface area (Å²) in [5.74, 6) is 1.00. The molecule has 0 aliphatic rings. The maximum atomic E-state index is 13.8. The summed E-state index contributed by atoms with van der Waals surface area (Å²) in [5.41, 5.74) is 25.1. The van der Waals surface area contributed by atoms with Gasteiger partial charge in [-0.2, -0.15) is 0 Å². The van der Waals surface area contributed by atoms with Crippen molar-refractivity contribution in [3.05, 3.63) is 409 Å². The summed E-state index contributed by atoms with van der Waals surface area (Å²) in [6.07, 6.45) is 16.2. The Hall–Kier alpha value is -16.5. The number of benzene rings is 8. The van der Waals surface area contributed by atoms with Crippen LogP contribution < -0.4 is 21.3 Å². The van der Waals surface area contributed by atoms with Crippen molar-refractivity contribution in [2.45, 2.75) is 92.4 Å². The molecule has 0 unspecified atom stereocenters. The standard InChI is InChI=1S/C31H34FN7.C30H31FN6.C29H29FN6O.C29H29FN6/c1-22(24-8-6-5-7-9-24)34-31-33-16-14-27(35-31)30-29(25-10-12-26(32)13-11-25)36-28-20-23(15-17-39(28)30)21-38(4)19-18-37(2)3;1-4-17-36(3)20-22-15-18-37-27(19-22)35-28(24-10-12-25(31)13-11-24)29(37)26-14-16-32-30(34-26)33-21(2)23-8-6-5-7-9-23;1-35(16-17-37-2)20-22-13-15-36-26(18-22)34-27(23-8-10-24(30)11-9-23)28(36)25-12-14-31-29(33-25)32-19-21-6-4-3-5-7-21;1-3-35(4-2)20-22-15-17-36-26(18-22)34-27(23-10-12-24(30)13-11-23)28(36)25-14-16-31-29(33-25)32-19-21-8-6-5-7-9-21/h5-17,20,22H,18-19,21H2,1-4H3,(H,33,34,35);5-16,18-19,21H,4,17,20H2,1-3H3,(H,32,33,34);3-15,18H,16-17,19-20H2,1-2H3,(H,31,32,33);5-18H,3-4,19-20H2,1-2H3,(H,31,32,33)/t22-;21-;;/m00../s1. The SMILES string of the molecule is CCCN(C)Cc1ccn2c(-c3ccnc(N[C@@H](C)c4ccccc4)n3)c(-c3ccc(F)cc3)nc2c1.CCN(CC)Cc1ccn2c(-c3ccnc(NCc4ccccc4)n3)c(-c3ccc(F)cc3)nc2c1.COCCN(C)Cc1ccn2c(-c3ccnc(NCc4ccccc4)n3)c(-c3ccc(F)cc3)nc2c1.C[C@H](Nc1nccc(-c2c(-c3ccc(F)cc3)nc3cc(CN(C)CCN(C)C)ccn23)n1)c1ccccc1. The van der Waals surface area contributed by atoms with Crippen LogP contribution in [0.4, 0.5) is 41.4 Å². The van der Waals surface area contributed by atoms with Crippen LogP contribution in [0.1, 0.15) is 97.6 Å². The summed E-state index contributed by atoms with van der Waals surface area (Å²) in [6, 6.07) is 90.8. The molecular formula is C119H123F4N25O. The second-order valence-electron chi connectivity index (χ2n) is 37.1. The molecule has 4 N–H and O–H groups in total. The highest BCUT2D eigenvalue weighted by Crippen LogP contribution is 2.39. The van der Waals surface area contributed by atoms with Crippen LogP contribution in [0.2, 0.25) is 0 Å². The third-order valence-electron chi connectivity index (χ3n) is 25.6. The molecule has 26 nitrogen and oxygen atoms in total. The van der Waals surface area contributed by atoms with Crippen LogP contribution in [-0.4, -0.2) is 190 Å². The van der Waals surface area contributed by atoms with Crippen LogP contribution in [0, 0.1) is 23.3 Å². The fourth-order valence-corrected chi connectivity index (χ4v) is 17.7. The molecule has 12 heterocycles. The smallest absolute Gasteiger partial charge is 0.223 e. The number of hydrogen-bond donors (Lipinski definition) is 4. The minimum atomic E-state index is -0.287. The number of likely N-dealkylation sites (N-methyl/N-ethyl adjacent to an activating group) is 3. The monoisotopic (exact) mass is 1990 g/mol. The van der Waals surface area contributed by atoms with Gasteiger partial charge in [0, 0.05) is 138 Å². The van der Waals surface area contributed by atoms with E-state index in [0.29, 0.717) is 43.5 Å². The van der Waals surface area contributed by atoms with E-state index in [4.69, 9.17) is 44.6 Å². The van der Waals surface area contributed by atoms with E-state index in [1.54, 1.807) is 80.4 Å². The number of pyridine rings is 4. The predicted molar refractivity (Wildman–Crippen MR) is 587 cm³/mol. The third kappa shape index (κ3) is 27.1. The van der Waals surface area contributed by atoms with Gasteiger partial charge in [-0.15, -0.1) is 0 Å². The summed E-state index contributed by atoms with van der Waals surface area (Å²) in [4.78, 5) is 68.4. The van der Waals surface area contributed by atoms with Gasteiger partial charge in [-0.25, -0.2) is 77.4 Å². The first-order valence-corrected chi connectivity index (χ1v) is 50.2. The Morgan fingerprint density at radius 3 is 0.899 bits per heavy atom. The zero-order valence-electron chi connectivity index (χ0n) is 85.7. The fourth-order valence-electron chi connectivity index (χ4n) is 17.7. The Morgan fingerprint density at radius 1 is 0.309 bits per heavy atom. The predicted octanol–water partition coefficient (Wildman–Crippen LogP) is 23.7. The van der Waals surface area contributed by atoms with Crippen molar-refractivity contribution in [3.63, 3.8) is 0 Å². The Balaban J connectivity index is 0.000000135. The molecule has 758 valence electrons. The maximum Gasteiger partial charge on any atom is 0.223 e. The van der Waals surface area contributed by atoms with Gasteiger partial charge in [-0.05, 0) is 290 Å². The van der Waals surface area contributed by atoms with Gasteiger partial charge in [0.2, 0.25) is 23.8 Å². The van der Waals surface area contributed by atoms with E-state index in [9.17, 15) is 17.6 Å². The fraction of sp³-hybridized carbons (Fsp3) is 0.227. The molecule has 0 aliphatic carbocycles. The van der Waals surface area contributed by atoms with Crippen molar-refractivity contribution in [1.82, 2.24) is 102 Å². The zero-order valence-corrected chi connectivity index (χ0v) is 85.7. The van der Waals surface area contributed by atoms with Gasteiger partial charge >= 0.3 is 0 Å². The van der Waals surface area contributed by atoms with Crippen LogP contribution in [-0.2, 0) is 44.0 Å². The van der Waals surface area contributed by atoms with Crippen LogP contribution in [0.25, 0.3) is 113 Å². The first-order chi connectivity index (χ1) is 72.6. The minimum absolute atomic E-state index is 0.0345. The van der Waals surface area contributed by atoms with Crippen LogP contribution in [0.15, 0.2) is 341 Å². The van der Waals surface area contributed by atoms with Gasteiger partial charge in [-0.3, -0.25) is 27.4 Å². The lowest BCUT2D eigenvalue weighted by Gasteiger charge is -2.19. The summed E-state index contributed by atoms with van der Waals surface area (Å²) in [5, 5.41) is 13.4. The highest BCUT2D eigenvalue weighted by Gasteiger charge is 2.26. The molecule has 12 aromatic heterocycles. The zero-order chi connectivity index (χ0) is 104. The van der Waals surface area contributed by atoms with Crippen molar-refractivity contribution in [3.8, 4) is 90.6 Å². The summed E-state index contributed by atoms with van der Waals surface area (Å²) in [6.45, 7) is 21.7. The van der Waals surface area contributed by atoms with Gasteiger partial charge in [0.1, 0.15) is 45.9 Å². The van der Waals surface area contributed by atoms with Crippen molar-refractivity contribution in [2.24, 2.45) is 0 Å². The number of ether oxygens (including phenoxy) is 1. The molecule has 0 saturated carbocycles. The Labute approximate surface area is 866 Å². The molecule has 0 saturated heterocycles. The lowest BCUT2D eigenvalue weighted by molar-refractivity contribution is 0.158. The van der Waals surface area contributed by atoms with Gasteiger partial charge in [0.25, 0.3) is 0 Å². The molecule has 8 aromatic carbocycles. The van der Waals surface area contributed by atoms with Crippen LogP contribution >= 0.6 is 0 Å². The van der Waals surface area contributed by atoms with E-state index in [-0.39, 0.29) is 35.4 Å². The van der Waals surface area contributed by atoms with Crippen molar-refractivity contribution < 1.29 is 22.3 Å². The Morgan fingerprint density at radius 2 is 0.597 bits per heavy atom. The molecule has 0 aliphatic heterocycles. The normalized spacial score (nSPS) is 11.8. The molecule has 0 radical (unpaired) electrons. The lowest BCUT2D eigenvalue weighted by Crippen LogP contribution is -2.28. The number of nitrogens with zero attached hydrogens (tertiary/aromatic N) is 21. The number of methoxy groups -OCH3 is 1. The number of anilines is 4. The molecule has 149 heavy (non-hydrogen) atoms. The largest absolute Gasteiger partial charge is 0.383 e. The molecule has 20 rings (SSSR count). The number of aromatic nitrogens is 16. The maximum absolute atomic E-state index is 13.8. The third-order valence-corrected chi connectivity index (χ3v) is 25.6. The topological polar surface area (TPSA) is 246 Å². The van der Waals surface area contributed by atoms with E-state index in [1.807, 2.05) is 131 Å². The van der Waals surface area contributed by atoms with E-state index in [0.717, 1.165) is 213 Å². The Bertz CT molecular complexity index is 7750. The van der Waals surface area contributed by atoms with Gasteiger partial charge in [-0.1, -0.05) is 142 Å². The second-order valence-corrected chi connectivity index (χ2v) is 37.1. The summed E-state index contributed by atoms with van der Waals surface area (Å²) < 4.78 is 68.3. The van der Waals surface area contributed by atoms with E-state index in [1.165, 1.54) is 65.2 Å². The van der Waals surface area contributed by atoms with Crippen molar-refractivity contribution in [2.75, 3.05) is 109 Å². The quantitative estimate of drug-likeness (QED) is 0.0263. The number of rotatable bonds is 38. The lowest BCUT2D eigenvalue weighted by atomic mass is 10.1. The van der Waals surface area contributed by atoms with Crippen molar-refractivity contribution in [1.29, 1.82) is 0 Å². The molecule has 0 amide bonds. The van der Waals surface area contributed by atoms with Crippen molar-refractivity contribution >= 4 is 46.4 Å². The molecular weight excluding hydrogens is 1870 g/mol. The van der Waals surface area contributed by atoms with Gasteiger partial charge in [0.05, 0.1) is 87.0 Å². The second kappa shape index (κ2) is 50.1. The average molecular weight is 2000 g/mol. The van der Waals surface area contributed by atoms with Gasteiger partial charge < -0.3 is 40.7 Å². The number of imidazole rings is 4. The minimum Gasteiger partial charge on any atom is -0.383 e. The number of fused-ring (bicyclic) bond motifs is 4. The van der Waals surface area contributed by atoms with E-state index < -0.39 is 0 Å². The van der Waals surface area contributed by atoms with Gasteiger partial charge in [0.15, 0.2) is 0 Å². The summed E-state index contributed by atoms with van der Waals surface area (Å²) >= 11 is 0. The number of halogens is 4. The average Bonchev–Trinajstić information content (AvgIpc) is 1.62. The van der Waals surface area contributed by atoms with E-state index >= 15 is 0 Å². The molecule has 0 fully saturated rings. The number of hydrogen-bond acceptors (Lipinski definition) is 22. The van der Waals surface area contributed by atoms with Crippen LogP contribution in [0.3, 0.4) is 0 Å². The Kier molecular flexibility index (Phi) is 34.9.